The molecule has 5 heteroatoms. The maximum Gasteiger partial charge on any atom is 0.239 e. The van der Waals surface area contributed by atoms with Crippen LogP contribution in [0.2, 0.25) is 0 Å². The Morgan fingerprint density at radius 1 is 1.28 bits per heavy atom. The molecule has 1 aliphatic heterocycles. The molecule has 0 aromatic carbocycles. The van der Waals surface area contributed by atoms with Crippen molar-refractivity contribution in [2.75, 3.05) is 20.1 Å². The number of nitrogens with zero attached hydrogens (tertiary/aromatic N) is 1. The summed E-state index contributed by atoms with van der Waals surface area (Å²) >= 11 is 0. The van der Waals surface area contributed by atoms with E-state index in [1.165, 1.54) is 6.42 Å². The van der Waals surface area contributed by atoms with Crippen molar-refractivity contribution in [3.63, 3.8) is 0 Å². The molecule has 0 aromatic rings. The van der Waals surface area contributed by atoms with Crippen molar-refractivity contribution in [2.45, 2.75) is 51.5 Å². The lowest BCUT2D eigenvalue weighted by atomic mass is 9.76. The van der Waals surface area contributed by atoms with Gasteiger partial charge in [0.2, 0.25) is 10.0 Å². The Kier molecular flexibility index (Phi) is 3.85. The highest BCUT2D eigenvalue weighted by Gasteiger charge is 2.51. The van der Waals surface area contributed by atoms with Gasteiger partial charge in [-0.2, -0.15) is 4.31 Å². The molecule has 1 saturated carbocycles. The van der Waals surface area contributed by atoms with E-state index in [-0.39, 0.29) is 5.54 Å². The van der Waals surface area contributed by atoms with Gasteiger partial charge in [0, 0.05) is 13.6 Å². The normalized spacial score (nSPS) is 27.1. The van der Waals surface area contributed by atoms with Crippen molar-refractivity contribution >= 4 is 10.0 Å². The topological polar surface area (TPSA) is 49.4 Å². The van der Waals surface area contributed by atoms with Crippen molar-refractivity contribution < 1.29 is 8.42 Å². The molecule has 104 valence electrons. The molecule has 0 amide bonds. The van der Waals surface area contributed by atoms with Gasteiger partial charge in [0.1, 0.15) is 0 Å². The van der Waals surface area contributed by atoms with E-state index in [9.17, 15) is 8.42 Å². The minimum Gasteiger partial charge on any atom is -0.313 e. The molecule has 1 spiro atoms. The van der Waals surface area contributed by atoms with Crippen molar-refractivity contribution in [2.24, 2.45) is 0 Å². The van der Waals surface area contributed by atoms with Gasteiger partial charge in [-0.1, -0.05) is 26.2 Å². The average molecular weight is 272 g/mol. The summed E-state index contributed by atoms with van der Waals surface area (Å²) in [5.41, 5.74) is 0.870. The lowest BCUT2D eigenvalue weighted by molar-refractivity contribution is 0.197. The summed E-state index contributed by atoms with van der Waals surface area (Å²) in [4.78, 5) is 0.577. The summed E-state index contributed by atoms with van der Waals surface area (Å²) in [5, 5.41) is 3.30. The Hall–Kier alpha value is -0.390. The van der Waals surface area contributed by atoms with Crippen molar-refractivity contribution in [1.29, 1.82) is 0 Å². The summed E-state index contributed by atoms with van der Waals surface area (Å²) in [6, 6.07) is 0. The minimum absolute atomic E-state index is 0.233. The first-order valence-corrected chi connectivity index (χ1v) is 8.31. The third-order valence-electron chi connectivity index (χ3n) is 4.57. The van der Waals surface area contributed by atoms with Crippen molar-refractivity contribution in [3.8, 4) is 0 Å². The molecule has 0 atom stereocenters. The van der Waals surface area contributed by atoms with Gasteiger partial charge in [0.25, 0.3) is 0 Å². The molecule has 2 rings (SSSR count). The maximum absolute atomic E-state index is 12.4. The van der Waals surface area contributed by atoms with E-state index in [2.05, 4.69) is 12.2 Å². The monoisotopic (exact) mass is 272 g/mol. The summed E-state index contributed by atoms with van der Waals surface area (Å²) in [6.07, 6.45) is 5.43. The Morgan fingerprint density at radius 2 is 1.89 bits per heavy atom. The molecular weight excluding hydrogens is 248 g/mol. The molecule has 0 unspecified atom stereocenters. The Labute approximate surface area is 110 Å². The Morgan fingerprint density at radius 3 is 2.44 bits per heavy atom. The quantitative estimate of drug-likeness (QED) is 0.853. The number of sulfonamides is 1. The van der Waals surface area contributed by atoms with Crippen LogP contribution in [0.1, 0.15) is 46.0 Å². The highest BCUT2D eigenvalue weighted by atomic mass is 32.2. The molecular formula is C13H24N2O2S. The number of allylic oxidation sites excluding steroid dienone is 1. The van der Waals surface area contributed by atoms with Gasteiger partial charge in [0.15, 0.2) is 0 Å². The number of rotatable bonds is 3. The number of likely N-dealkylation sites (N-methyl/N-ethyl adjacent to an activating group) is 2. The van der Waals surface area contributed by atoms with Crippen LogP contribution >= 0.6 is 0 Å². The predicted molar refractivity (Wildman–Crippen MR) is 73.7 cm³/mol. The van der Waals surface area contributed by atoms with Crippen LogP contribution in [0.3, 0.4) is 0 Å². The molecule has 18 heavy (non-hydrogen) atoms. The third-order valence-corrected chi connectivity index (χ3v) is 6.66. The number of hydrogen-bond acceptors (Lipinski definition) is 3. The largest absolute Gasteiger partial charge is 0.313 e. The smallest absolute Gasteiger partial charge is 0.239 e. The van der Waals surface area contributed by atoms with E-state index in [0.29, 0.717) is 11.4 Å². The second-order valence-corrected chi connectivity index (χ2v) is 7.49. The van der Waals surface area contributed by atoms with Gasteiger partial charge in [0.05, 0.1) is 10.4 Å². The molecule has 0 bridgehead atoms. The number of nitrogens with one attached hydrogen (secondary N) is 1. The van der Waals surface area contributed by atoms with Crippen LogP contribution in [0, 0.1) is 0 Å². The van der Waals surface area contributed by atoms with E-state index in [0.717, 1.165) is 37.8 Å². The van der Waals surface area contributed by atoms with E-state index in [1.807, 2.05) is 0 Å². The molecule has 1 heterocycles. The van der Waals surface area contributed by atoms with Gasteiger partial charge < -0.3 is 5.32 Å². The zero-order chi connectivity index (χ0) is 13.4. The molecule has 4 nitrogen and oxygen atoms in total. The first-order valence-electron chi connectivity index (χ1n) is 6.87. The van der Waals surface area contributed by atoms with Crippen LogP contribution < -0.4 is 5.32 Å². The average Bonchev–Trinajstić information content (AvgIpc) is 2.50. The lowest BCUT2D eigenvalue weighted by Gasteiger charge is -2.40. The highest BCUT2D eigenvalue weighted by Crippen LogP contribution is 2.47. The van der Waals surface area contributed by atoms with Gasteiger partial charge in [-0.15, -0.1) is 0 Å². The fourth-order valence-corrected chi connectivity index (χ4v) is 5.14. The van der Waals surface area contributed by atoms with Crippen molar-refractivity contribution in [1.82, 2.24) is 9.62 Å². The second kappa shape index (κ2) is 4.94. The molecule has 0 radical (unpaired) electrons. The van der Waals surface area contributed by atoms with Gasteiger partial charge >= 0.3 is 0 Å². The molecule has 1 N–H and O–H groups in total. The summed E-state index contributed by atoms with van der Waals surface area (Å²) in [6.45, 7) is 5.39. The predicted octanol–water partition coefficient (Wildman–Crippen LogP) is 1.85. The molecule has 1 aliphatic carbocycles. The summed E-state index contributed by atoms with van der Waals surface area (Å²) < 4.78 is 26.4. The van der Waals surface area contributed by atoms with Crippen LogP contribution in [0.5, 0.6) is 0 Å². The van der Waals surface area contributed by atoms with E-state index < -0.39 is 10.0 Å². The summed E-state index contributed by atoms with van der Waals surface area (Å²) in [7, 11) is -1.47. The van der Waals surface area contributed by atoms with Gasteiger partial charge in [-0.25, -0.2) is 8.42 Å². The maximum atomic E-state index is 12.4. The SMILES string of the molecule is CCNCC1=C(C)S(=O)(=O)N(C)C12CCCCC2. The minimum atomic E-state index is -3.22. The molecule has 1 fully saturated rings. The third kappa shape index (κ3) is 1.92. The first kappa shape index (κ1) is 14.0. The van der Waals surface area contributed by atoms with Gasteiger partial charge in [-0.3, -0.25) is 0 Å². The van der Waals surface area contributed by atoms with Crippen LogP contribution in [0.25, 0.3) is 0 Å². The van der Waals surface area contributed by atoms with Crippen LogP contribution in [0.4, 0.5) is 0 Å². The molecule has 0 aromatic heterocycles. The Bertz CT molecular complexity index is 448. The zero-order valence-corrected chi connectivity index (χ0v) is 12.4. The van der Waals surface area contributed by atoms with E-state index in [1.54, 1.807) is 18.3 Å². The van der Waals surface area contributed by atoms with Crippen LogP contribution in [-0.2, 0) is 10.0 Å². The molecule has 2 aliphatic rings. The van der Waals surface area contributed by atoms with E-state index in [4.69, 9.17) is 0 Å². The van der Waals surface area contributed by atoms with Crippen LogP contribution in [-0.4, -0.2) is 38.4 Å². The van der Waals surface area contributed by atoms with Gasteiger partial charge in [-0.05, 0) is 31.9 Å². The van der Waals surface area contributed by atoms with Crippen molar-refractivity contribution in [3.05, 3.63) is 10.5 Å². The fraction of sp³-hybridized carbons (Fsp3) is 0.846. The zero-order valence-electron chi connectivity index (χ0n) is 11.6. The first-order chi connectivity index (χ1) is 8.47. The standard InChI is InChI=1S/C13H24N2O2S/c1-4-14-10-12-11(2)18(16,17)15(3)13(12)8-6-5-7-9-13/h14H,4-10H2,1-3H3. The summed E-state index contributed by atoms with van der Waals surface area (Å²) in [5.74, 6) is 0. The second-order valence-electron chi connectivity index (χ2n) is 5.38. The van der Waals surface area contributed by atoms with E-state index >= 15 is 0 Å². The fourth-order valence-electron chi connectivity index (χ4n) is 3.40. The highest BCUT2D eigenvalue weighted by molar-refractivity contribution is 7.93. The lowest BCUT2D eigenvalue weighted by Crippen LogP contribution is -2.48. The molecule has 0 saturated heterocycles. The Balaban J connectivity index is 2.43. The number of hydrogen-bond donors (Lipinski definition) is 1. The van der Waals surface area contributed by atoms with Crippen LogP contribution in [0.15, 0.2) is 10.5 Å².